The number of rotatable bonds is 4. The lowest BCUT2D eigenvalue weighted by Crippen LogP contribution is -1.95. The highest BCUT2D eigenvalue weighted by Gasteiger charge is 2.12. The van der Waals surface area contributed by atoms with Gasteiger partial charge in [-0.1, -0.05) is 25.3 Å². The van der Waals surface area contributed by atoms with Gasteiger partial charge >= 0.3 is 0 Å². The molecule has 0 saturated carbocycles. The van der Waals surface area contributed by atoms with E-state index in [0.29, 0.717) is 17.4 Å². The van der Waals surface area contributed by atoms with Crippen LogP contribution in [0.4, 0.5) is 5.69 Å². The number of non-ortho nitro benzene ring substituents is 1. The molecule has 1 aromatic rings. The maximum atomic E-state index is 10.7. The van der Waals surface area contributed by atoms with Gasteiger partial charge in [0.2, 0.25) is 0 Å². The normalized spacial score (nSPS) is 9.33. The minimum Gasteiger partial charge on any atom is -0.298 e. The lowest BCUT2D eigenvalue weighted by molar-refractivity contribution is -0.384. The standard InChI is InChI=1S/C11H9NO3/c1-3-8-5-10(12(14)15)6-9(7-13)11(8)4-2/h3-7H,1-2H2. The van der Waals surface area contributed by atoms with Crippen molar-refractivity contribution < 1.29 is 9.72 Å². The van der Waals surface area contributed by atoms with Crippen LogP contribution in [0.1, 0.15) is 21.5 Å². The van der Waals surface area contributed by atoms with Crippen LogP contribution in [0.25, 0.3) is 12.2 Å². The van der Waals surface area contributed by atoms with E-state index in [-0.39, 0.29) is 11.3 Å². The van der Waals surface area contributed by atoms with E-state index >= 15 is 0 Å². The highest BCUT2D eigenvalue weighted by atomic mass is 16.6. The number of aldehydes is 1. The predicted molar refractivity (Wildman–Crippen MR) is 58.7 cm³/mol. The summed E-state index contributed by atoms with van der Waals surface area (Å²) >= 11 is 0. The summed E-state index contributed by atoms with van der Waals surface area (Å²) in [5.74, 6) is 0. The van der Waals surface area contributed by atoms with Crippen LogP contribution >= 0.6 is 0 Å². The molecular weight excluding hydrogens is 194 g/mol. The molecule has 0 aliphatic carbocycles. The SMILES string of the molecule is C=Cc1cc([N+](=O)[O-])cc(C=O)c1C=C. The van der Waals surface area contributed by atoms with Crippen molar-refractivity contribution in [1.82, 2.24) is 0 Å². The lowest BCUT2D eigenvalue weighted by atomic mass is 10.0. The highest BCUT2D eigenvalue weighted by molar-refractivity contribution is 5.86. The molecule has 0 aliphatic heterocycles. The summed E-state index contributed by atoms with van der Waals surface area (Å²) < 4.78 is 0. The molecule has 0 spiro atoms. The van der Waals surface area contributed by atoms with Crippen molar-refractivity contribution in [2.24, 2.45) is 0 Å². The van der Waals surface area contributed by atoms with E-state index in [9.17, 15) is 14.9 Å². The van der Waals surface area contributed by atoms with Crippen LogP contribution in [0.5, 0.6) is 0 Å². The number of carbonyl (C=O) groups is 1. The molecule has 4 heteroatoms. The Morgan fingerprint density at radius 1 is 1.20 bits per heavy atom. The van der Waals surface area contributed by atoms with Crippen molar-refractivity contribution in [1.29, 1.82) is 0 Å². The fraction of sp³-hybridized carbons (Fsp3) is 0. The van der Waals surface area contributed by atoms with Gasteiger partial charge in [0.1, 0.15) is 0 Å². The number of hydrogen-bond acceptors (Lipinski definition) is 3. The van der Waals surface area contributed by atoms with Gasteiger partial charge in [0.05, 0.1) is 4.92 Å². The Bertz CT molecular complexity index is 420. The zero-order chi connectivity index (χ0) is 11.4. The molecule has 4 nitrogen and oxygen atoms in total. The molecule has 0 N–H and O–H groups in total. The number of nitro groups is 1. The minimum absolute atomic E-state index is 0.127. The number of nitrogens with zero attached hydrogens (tertiary/aromatic N) is 1. The van der Waals surface area contributed by atoms with Crippen molar-refractivity contribution in [3.63, 3.8) is 0 Å². The summed E-state index contributed by atoms with van der Waals surface area (Å²) in [6, 6.07) is 2.58. The van der Waals surface area contributed by atoms with E-state index in [0.717, 1.165) is 0 Å². The quantitative estimate of drug-likeness (QED) is 0.429. The first-order chi connectivity index (χ1) is 7.13. The van der Waals surface area contributed by atoms with Gasteiger partial charge in [0.15, 0.2) is 6.29 Å². The van der Waals surface area contributed by atoms with E-state index < -0.39 is 4.92 Å². The van der Waals surface area contributed by atoms with Crippen LogP contribution < -0.4 is 0 Å². The molecule has 15 heavy (non-hydrogen) atoms. The molecule has 0 amide bonds. The largest absolute Gasteiger partial charge is 0.298 e. The first kappa shape index (κ1) is 10.8. The molecular formula is C11H9NO3. The maximum absolute atomic E-state index is 10.7. The van der Waals surface area contributed by atoms with Crippen molar-refractivity contribution in [3.8, 4) is 0 Å². The van der Waals surface area contributed by atoms with Crippen molar-refractivity contribution in [2.45, 2.75) is 0 Å². The van der Waals surface area contributed by atoms with Crippen molar-refractivity contribution >= 4 is 24.1 Å². The second-order valence-corrected chi connectivity index (χ2v) is 2.82. The van der Waals surface area contributed by atoms with Gasteiger partial charge in [-0.2, -0.15) is 0 Å². The van der Waals surface area contributed by atoms with Crippen LogP contribution in [0.3, 0.4) is 0 Å². The van der Waals surface area contributed by atoms with Crippen molar-refractivity contribution in [2.75, 3.05) is 0 Å². The summed E-state index contributed by atoms with van der Waals surface area (Å²) in [4.78, 5) is 20.7. The monoisotopic (exact) mass is 203 g/mol. The van der Waals surface area contributed by atoms with Gasteiger partial charge in [-0.15, -0.1) is 0 Å². The zero-order valence-corrected chi connectivity index (χ0v) is 7.97. The average molecular weight is 203 g/mol. The van der Waals surface area contributed by atoms with E-state index in [1.807, 2.05) is 0 Å². The molecule has 0 heterocycles. The Hall–Kier alpha value is -2.23. The Balaban J connectivity index is 3.55. The molecule has 0 radical (unpaired) electrons. The van der Waals surface area contributed by atoms with Gasteiger partial charge in [-0.25, -0.2) is 0 Å². The van der Waals surface area contributed by atoms with Crippen molar-refractivity contribution in [3.05, 3.63) is 52.1 Å². The maximum Gasteiger partial charge on any atom is 0.270 e. The summed E-state index contributed by atoms with van der Waals surface area (Å²) in [6.45, 7) is 7.08. The number of carbonyl (C=O) groups excluding carboxylic acids is 1. The summed E-state index contributed by atoms with van der Waals surface area (Å²) in [7, 11) is 0. The van der Waals surface area contributed by atoms with Gasteiger partial charge < -0.3 is 0 Å². The third-order valence-electron chi connectivity index (χ3n) is 1.99. The summed E-state index contributed by atoms with van der Waals surface area (Å²) in [5, 5.41) is 10.6. The van der Waals surface area contributed by atoms with Crippen LogP contribution in [0.15, 0.2) is 25.3 Å². The number of nitro benzene ring substituents is 1. The van der Waals surface area contributed by atoms with Gasteiger partial charge in [-0.3, -0.25) is 14.9 Å². The second-order valence-electron chi connectivity index (χ2n) is 2.82. The number of hydrogen-bond donors (Lipinski definition) is 0. The first-order valence-corrected chi connectivity index (χ1v) is 4.16. The van der Waals surface area contributed by atoms with Gasteiger partial charge in [-0.05, 0) is 11.1 Å². The molecule has 1 aromatic carbocycles. The topological polar surface area (TPSA) is 60.2 Å². The predicted octanol–water partition coefficient (Wildman–Crippen LogP) is 2.69. The Morgan fingerprint density at radius 2 is 1.80 bits per heavy atom. The van der Waals surface area contributed by atoms with Gasteiger partial charge in [0, 0.05) is 17.7 Å². The molecule has 0 saturated heterocycles. The Labute approximate surface area is 86.7 Å². The first-order valence-electron chi connectivity index (χ1n) is 4.16. The smallest absolute Gasteiger partial charge is 0.270 e. The second kappa shape index (κ2) is 4.32. The fourth-order valence-electron chi connectivity index (χ4n) is 1.29. The fourth-order valence-corrected chi connectivity index (χ4v) is 1.29. The van der Waals surface area contributed by atoms with E-state index in [1.165, 1.54) is 24.3 Å². The average Bonchev–Trinajstić information content (AvgIpc) is 2.26. The molecule has 1 rings (SSSR count). The van der Waals surface area contributed by atoms with Crippen LogP contribution in [-0.2, 0) is 0 Å². The molecule has 0 fully saturated rings. The zero-order valence-electron chi connectivity index (χ0n) is 7.97. The summed E-state index contributed by atoms with van der Waals surface area (Å²) in [6.07, 6.45) is 3.50. The Kier molecular flexibility index (Phi) is 3.13. The Morgan fingerprint density at radius 3 is 2.20 bits per heavy atom. The third kappa shape index (κ3) is 1.99. The van der Waals surface area contributed by atoms with E-state index in [1.54, 1.807) is 0 Å². The number of benzene rings is 1. The van der Waals surface area contributed by atoms with Crippen LogP contribution in [0.2, 0.25) is 0 Å². The highest BCUT2D eigenvalue weighted by Crippen LogP contribution is 2.23. The van der Waals surface area contributed by atoms with E-state index in [2.05, 4.69) is 13.2 Å². The van der Waals surface area contributed by atoms with Gasteiger partial charge in [0.25, 0.3) is 5.69 Å². The minimum atomic E-state index is -0.549. The lowest BCUT2D eigenvalue weighted by Gasteiger charge is -2.03. The molecule has 0 bridgehead atoms. The molecule has 0 aliphatic rings. The van der Waals surface area contributed by atoms with E-state index in [4.69, 9.17) is 0 Å². The molecule has 0 aromatic heterocycles. The molecule has 0 unspecified atom stereocenters. The third-order valence-corrected chi connectivity index (χ3v) is 1.99. The molecule has 0 atom stereocenters. The van der Waals surface area contributed by atoms with Crippen LogP contribution in [0, 0.1) is 10.1 Å². The molecule has 76 valence electrons. The summed E-state index contributed by atoms with van der Waals surface area (Å²) in [5.41, 5.74) is 1.21. The van der Waals surface area contributed by atoms with Crippen LogP contribution in [-0.4, -0.2) is 11.2 Å².